The summed E-state index contributed by atoms with van der Waals surface area (Å²) < 4.78 is 0. The van der Waals surface area contributed by atoms with E-state index in [0.29, 0.717) is 10.6 Å². The molecule has 0 radical (unpaired) electrons. The van der Waals surface area contributed by atoms with Crippen molar-refractivity contribution in [3.05, 3.63) is 75.9 Å². The van der Waals surface area contributed by atoms with Gasteiger partial charge in [-0.25, -0.2) is 5.43 Å². The van der Waals surface area contributed by atoms with Crippen LogP contribution in [0.15, 0.2) is 59.8 Å². The minimum Gasteiger partial charge on any atom is -0.277 e. The smallest absolute Gasteiger partial charge is 0.272 e. The molecule has 0 aliphatic heterocycles. The van der Waals surface area contributed by atoms with Crippen molar-refractivity contribution in [3.8, 4) is 11.3 Å². The molecule has 0 atom stereocenters. The second-order valence-corrected chi connectivity index (χ2v) is 5.73. The molecule has 0 unspecified atom stereocenters. The summed E-state index contributed by atoms with van der Waals surface area (Å²) in [7, 11) is 0. The highest BCUT2D eigenvalue weighted by molar-refractivity contribution is 6.36. The molecular weight excluding hydrogens is 347 g/mol. The number of H-pyrrole nitrogens is 1. The first-order valence-corrected chi connectivity index (χ1v) is 7.78. The van der Waals surface area contributed by atoms with E-state index in [9.17, 15) is 4.79 Å². The number of halogens is 2. The molecule has 0 bridgehead atoms. The third kappa shape index (κ3) is 3.64. The van der Waals surface area contributed by atoms with E-state index < -0.39 is 5.91 Å². The summed E-state index contributed by atoms with van der Waals surface area (Å²) in [6.07, 6.45) is 3.15. The zero-order chi connectivity index (χ0) is 16.9. The van der Waals surface area contributed by atoms with Crippen LogP contribution in [0.25, 0.3) is 11.3 Å². The number of carbonyl (C=O) groups excluding carboxylic acids is 1. The van der Waals surface area contributed by atoms with Crippen molar-refractivity contribution in [2.75, 3.05) is 0 Å². The van der Waals surface area contributed by atoms with E-state index in [1.54, 1.807) is 18.3 Å². The molecule has 120 valence electrons. The van der Waals surface area contributed by atoms with Crippen LogP contribution in [-0.4, -0.2) is 22.3 Å². The molecule has 2 N–H and O–H groups in total. The maximum atomic E-state index is 12.1. The van der Waals surface area contributed by atoms with Crippen LogP contribution in [0, 0.1) is 0 Å². The van der Waals surface area contributed by atoms with Gasteiger partial charge in [-0.1, -0.05) is 53.5 Å². The highest BCUT2D eigenvalue weighted by Gasteiger charge is 2.10. The third-order valence-corrected chi connectivity index (χ3v) is 3.82. The summed E-state index contributed by atoms with van der Waals surface area (Å²) in [5.41, 5.74) is 5.28. The van der Waals surface area contributed by atoms with Gasteiger partial charge in [-0.15, -0.1) is 0 Å². The van der Waals surface area contributed by atoms with Gasteiger partial charge < -0.3 is 0 Å². The number of nitrogens with one attached hydrogen (secondary N) is 2. The van der Waals surface area contributed by atoms with Crippen LogP contribution in [0.3, 0.4) is 0 Å². The van der Waals surface area contributed by atoms with Crippen LogP contribution in [0.5, 0.6) is 0 Å². The van der Waals surface area contributed by atoms with E-state index in [1.807, 2.05) is 30.3 Å². The number of benzene rings is 2. The summed E-state index contributed by atoms with van der Waals surface area (Å²) in [4.78, 5) is 12.1. The molecule has 3 aromatic rings. The Kier molecular flexibility index (Phi) is 4.93. The Morgan fingerprint density at radius 1 is 1.17 bits per heavy atom. The second kappa shape index (κ2) is 7.29. The van der Waals surface area contributed by atoms with Crippen molar-refractivity contribution in [2.24, 2.45) is 5.10 Å². The fourth-order valence-corrected chi connectivity index (χ4v) is 2.62. The lowest BCUT2D eigenvalue weighted by Gasteiger charge is -2.03. The second-order valence-electron chi connectivity index (χ2n) is 4.89. The fourth-order valence-electron chi connectivity index (χ4n) is 2.12. The number of hydrogen-bond donors (Lipinski definition) is 2. The maximum absolute atomic E-state index is 12.1. The van der Waals surface area contributed by atoms with Crippen LogP contribution >= 0.6 is 23.2 Å². The van der Waals surface area contributed by atoms with Crippen LogP contribution < -0.4 is 5.43 Å². The number of nitrogens with zero attached hydrogens (tertiary/aromatic N) is 2. The lowest BCUT2D eigenvalue weighted by atomic mass is 10.1. The van der Waals surface area contributed by atoms with Crippen LogP contribution in [0.4, 0.5) is 0 Å². The van der Waals surface area contributed by atoms with Crippen molar-refractivity contribution in [1.29, 1.82) is 0 Å². The molecule has 24 heavy (non-hydrogen) atoms. The molecule has 2 aromatic carbocycles. The average molecular weight is 359 g/mol. The number of hydrogen-bond acceptors (Lipinski definition) is 3. The quantitative estimate of drug-likeness (QED) is 0.543. The highest BCUT2D eigenvalue weighted by atomic mass is 35.5. The molecule has 0 saturated heterocycles. The Morgan fingerprint density at radius 3 is 2.71 bits per heavy atom. The molecule has 0 spiro atoms. The first-order chi connectivity index (χ1) is 11.6. The average Bonchev–Trinajstić information content (AvgIpc) is 3.04. The van der Waals surface area contributed by atoms with Gasteiger partial charge in [0.1, 0.15) is 0 Å². The first kappa shape index (κ1) is 16.2. The molecule has 1 aromatic heterocycles. The summed E-state index contributed by atoms with van der Waals surface area (Å²) >= 11 is 11.8. The molecule has 0 aliphatic rings. The van der Waals surface area contributed by atoms with Gasteiger partial charge in [0.05, 0.1) is 28.7 Å². The van der Waals surface area contributed by atoms with E-state index in [1.165, 1.54) is 12.3 Å². The molecule has 0 aliphatic carbocycles. The zero-order valence-corrected chi connectivity index (χ0v) is 13.8. The van der Waals surface area contributed by atoms with Gasteiger partial charge in [-0.3, -0.25) is 9.89 Å². The van der Waals surface area contributed by atoms with E-state index in [0.717, 1.165) is 16.8 Å². The fraction of sp³-hybridized carbons (Fsp3) is 0. The minimum atomic E-state index is -0.419. The number of amides is 1. The molecule has 7 heteroatoms. The lowest BCUT2D eigenvalue weighted by Crippen LogP contribution is -2.18. The van der Waals surface area contributed by atoms with Crippen molar-refractivity contribution >= 4 is 35.3 Å². The van der Waals surface area contributed by atoms with E-state index >= 15 is 0 Å². The molecule has 3 rings (SSSR count). The molecule has 0 saturated carbocycles. The standard InChI is InChI=1S/C17H12Cl2N4O/c18-13-6-7-14(15(19)8-13)17(24)23-21-10-12-9-20-22-16(12)11-4-2-1-3-5-11/h1-10H,(H,20,22)(H,23,24)/b21-10+. The number of aromatic amines is 1. The largest absolute Gasteiger partial charge is 0.277 e. The highest BCUT2D eigenvalue weighted by Crippen LogP contribution is 2.21. The molecule has 0 fully saturated rings. The van der Waals surface area contributed by atoms with Crippen LogP contribution in [0.1, 0.15) is 15.9 Å². The maximum Gasteiger partial charge on any atom is 0.272 e. The van der Waals surface area contributed by atoms with Gasteiger partial charge in [0.25, 0.3) is 5.91 Å². The van der Waals surface area contributed by atoms with Gasteiger partial charge >= 0.3 is 0 Å². The molecular formula is C17H12Cl2N4O. The Labute approximate surface area is 148 Å². The number of aromatic nitrogens is 2. The Hall–Kier alpha value is -2.63. The van der Waals surface area contributed by atoms with E-state index in [-0.39, 0.29) is 5.02 Å². The summed E-state index contributed by atoms with van der Waals surface area (Å²) in [5.74, 6) is -0.419. The van der Waals surface area contributed by atoms with Crippen molar-refractivity contribution in [3.63, 3.8) is 0 Å². The molecule has 1 amide bonds. The SMILES string of the molecule is O=C(N/N=C/c1cn[nH]c1-c1ccccc1)c1ccc(Cl)cc1Cl. The predicted molar refractivity (Wildman–Crippen MR) is 95.5 cm³/mol. The summed E-state index contributed by atoms with van der Waals surface area (Å²) in [6.45, 7) is 0. The Morgan fingerprint density at radius 2 is 1.96 bits per heavy atom. The monoisotopic (exact) mass is 358 g/mol. The van der Waals surface area contributed by atoms with Crippen molar-refractivity contribution in [1.82, 2.24) is 15.6 Å². The summed E-state index contributed by atoms with van der Waals surface area (Å²) in [5, 5.41) is 11.6. The molecule has 5 nitrogen and oxygen atoms in total. The van der Waals surface area contributed by atoms with Crippen molar-refractivity contribution in [2.45, 2.75) is 0 Å². The lowest BCUT2D eigenvalue weighted by molar-refractivity contribution is 0.0955. The van der Waals surface area contributed by atoms with Gasteiger partial charge in [0, 0.05) is 16.1 Å². The van der Waals surface area contributed by atoms with E-state index in [2.05, 4.69) is 20.7 Å². The topological polar surface area (TPSA) is 70.1 Å². The first-order valence-electron chi connectivity index (χ1n) is 7.02. The van der Waals surface area contributed by atoms with E-state index in [4.69, 9.17) is 23.2 Å². The van der Waals surface area contributed by atoms with Crippen LogP contribution in [-0.2, 0) is 0 Å². The van der Waals surface area contributed by atoms with Gasteiger partial charge in [-0.2, -0.15) is 10.2 Å². The predicted octanol–water partition coefficient (Wildman–Crippen LogP) is 4.15. The van der Waals surface area contributed by atoms with Gasteiger partial charge in [0.2, 0.25) is 0 Å². The van der Waals surface area contributed by atoms with Crippen LogP contribution in [0.2, 0.25) is 10.0 Å². The Bertz CT molecular complexity index is 891. The number of carbonyl (C=O) groups is 1. The Balaban J connectivity index is 1.74. The summed E-state index contributed by atoms with van der Waals surface area (Å²) in [6, 6.07) is 14.4. The third-order valence-electron chi connectivity index (χ3n) is 3.28. The van der Waals surface area contributed by atoms with Crippen molar-refractivity contribution < 1.29 is 4.79 Å². The minimum absolute atomic E-state index is 0.267. The normalized spacial score (nSPS) is 10.9. The van der Waals surface area contributed by atoms with Gasteiger partial charge in [0.15, 0.2) is 0 Å². The van der Waals surface area contributed by atoms with Gasteiger partial charge in [-0.05, 0) is 18.2 Å². The number of rotatable bonds is 4. The number of hydrazone groups is 1. The zero-order valence-electron chi connectivity index (χ0n) is 12.3. The molecule has 1 heterocycles.